The van der Waals surface area contributed by atoms with Gasteiger partial charge in [0.1, 0.15) is 11.3 Å². The van der Waals surface area contributed by atoms with Gasteiger partial charge in [0.15, 0.2) is 5.65 Å². The molecule has 0 unspecified atom stereocenters. The van der Waals surface area contributed by atoms with Gasteiger partial charge in [-0.3, -0.25) is 4.79 Å². The van der Waals surface area contributed by atoms with E-state index in [1.54, 1.807) is 48.5 Å². The van der Waals surface area contributed by atoms with Crippen LogP contribution in [0, 0.1) is 0 Å². The highest BCUT2D eigenvalue weighted by atomic mass is 35.5. The minimum absolute atomic E-state index is 0.0789. The fourth-order valence-electron chi connectivity index (χ4n) is 2.94. The van der Waals surface area contributed by atoms with Crippen molar-refractivity contribution in [3.63, 3.8) is 0 Å². The first kappa shape index (κ1) is 19.0. The Hall–Kier alpha value is -3.32. The van der Waals surface area contributed by atoms with Crippen LogP contribution in [0.4, 0.5) is 8.78 Å². The van der Waals surface area contributed by atoms with Crippen molar-refractivity contribution in [2.24, 2.45) is 0 Å². The SMILES string of the molecule is O=C(NCc1ccc(Cl)cc1)c1cnn2c(C(F)F)cc(-c3ccccc3)nc12. The quantitative estimate of drug-likeness (QED) is 0.506. The molecule has 1 amide bonds. The van der Waals surface area contributed by atoms with Crippen molar-refractivity contribution in [1.29, 1.82) is 0 Å². The maximum atomic E-state index is 13.6. The van der Waals surface area contributed by atoms with Crippen molar-refractivity contribution in [3.8, 4) is 11.3 Å². The van der Waals surface area contributed by atoms with Crippen LogP contribution in [0.3, 0.4) is 0 Å². The molecule has 0 bridgehead atoms. The summed E-state index contributed by atoms with van der Waals surface area (Å²) in [5.41, 5.74) is 1.75. The van der Waals surface area contributed by atoms with Crippen LogP contribution in [-0.2, 0) is 6.54 Å². The van der Waals surface area contributed by atoms with Crippen molar-refractivity contribution in [1.82, 2.24) is 19.9 Å². The smallest absolute Gasteiger partial charge is 0.280 e. The maximum absolute atomic E-state index is 13.6. The van der Waals surface area contributed by atoms with Crippen LogP contribution >= 0.6 is 11.6 Å². The summed E-state index contributed by atoms with van der Waals surface area (Å²) < 4.78 is 28.2. The lowest BCUT2D eigenvalue weighted by molar-refractivity contribution is 0.0952. The highest BCUT2D eigenvalue weighted by Crippen LogP contribution is 2.26. The molecule has 0 aliphatic rings. The fourth-order valence-corrected chi connectivity index (χ4v) is 3.06. The number of hydrogen-bond acceptors (Lipinski definition) is 3. The Morgan fingerprint density at radius 1 is 1.10 bits per heavy atom. The van der Waals surface area contributed by atoms with Gasteiger partial charge in [0, 0.05) is 17.1 Å². The predicted octanol–water partition coefficient (Wildman–Crippen LogP) is 4.92. The number of alkyl halides is 2. The van der Waals surface area contributed by atoms with Gasteiger partial charge in [0.2, 0.25) is 0 Å². The normalized spacial score (nSPS) is 11.2. The lowest BCUT2D eigenvalue weighted by Gasteiger charge is -2.09. The van der Waals surface area contributed by atoms with E-state index >= 15 is 0 Å². The fraction of sp³-hybridized carbons (Fsp3) is 0.0952. The summed E-state index contributed by atoms with van der Waals surface area (Å²) in [6, 6.07) is 17.3. The number of amides is 1. The Balaban J connectivity index is 1.70. The van der Waals surface area contributed by atoms with Crippen molar-refractivity contribution < 1.29 is 13.6 Å². The van der Waals surface area contributed by atoms with Gasteiger partial charge in [-0.2, -0.15) is 5.10 Å². The minimum Gasteiger partial charge on any atom is -0.348 e. The number of aromatic nitrogens is 3. The Morgan fingerprint density at radius 2 is 1.83 bits per heavy atom. The molecule has 0 saturated carbocycles. The van der Waals surface area contributed by atoms with E-state index in [2.05, 4.69) is 15.4 Å². The average Bonchev–Trinajstić information content (AvgIpc) is 3.17. The highest BCUT2D eigenvalue weighted by Gasteiger charge is 2.21. The van der Waals surface area contributed by atoms with Crippen LogP contribution in [0.15, 0.2) is 66.9 Å². The molecule has 29 heavy (non-hydrogen) atoms. The zero-order chi connectivity index (χ0) is 20.4. The summed E-state index contributed by atoms with van der Waals surface area (Å²) in [5.74, 6) is -0.451. The summed E-state index contributed by atoms with van der Waals surface area (Å²) in [6.45, 7) is 0.257. The monoisotopic (exact) mass is 412 g/mol. The molecule has 2 heterocycles. The molecule has 0 radical (unpaired) electrons. The summed E-state index contributed by atoms with van der Waals surface area (Å²) in [6.07, 6.45) is -1.52. The average molecular weight is 413 g/mol. The van der Waals surface area contributed by atoms with Crippen LogP contribution in [0.1, 0.15) is 28.0 Å². The van der Waals surface area contributed by atoms with Gasteiger partial charge in [-0.05, 0) is 23.8 Å². The van der Waals surface area contributed by atoms with Crippen LogP contribution < -0.4 is 5.32 Å². The number of carbonyl (C=O) groups is 1. The first-order valence-corrected chi connectivity index (χ1v) is 9.15. The third-order valence-corrected chi connectivity index (χ3v) is 4.66. The maximum Gasteiger partial charge on any atom is 0.280 e. The molecule has 2 aromatic carbocycles. The van der Waals surface area contributed by atoms with Crippen molar-refractivity contribution in [3.05, 3.63) is 88.7 Å². The second-order valence-electron chi connectivity index (χ2n) is 6.34. The van der Waals surface area contributed by atoms with E-state index in [0.29, 0.717) is 16.3 Å². The van der Waals surface area contributed by atoms with Crippen molar-refractivity contribution in [2.75, 3.05) is 0 Å². The summed E-state index contributed by atoms with van der Waals surface area (Å²) in [4.78, 5) is 17.1. The zero-order valence-corrected chi connectivity index (χ0v) is 15.8. The van der Waals surface area contributed by atoms with Gasteiger partial charge < -0.3 is 5.32 Å². The molecule has 0 aliphatic carbocycles. The molecule has 0 aliphatic heterocycles. The molecular formula is C21H15ClF2N4O. The van der Waals surface area contributed by atoms with Crippen molar-refractivity contribution >= 4 is 23.2 Å². The second kappa shape index (κ2) is 7.97. The second-order valence-corrected chi connectivity index (χ2v) is 6.77. The standard InChI is InChI=1S/C21H15ClF2N4O/c22-15-8-6-13(7-9-15)11-25-21(29)16-12-26-28-18(19(23)24)10-17(27-20(16)28)14-4-2-1-3-5-14/h1-10,12,19H,11H2,(H,25,29). The van der Waals surface area contributed by atoms with Gasteiger partial charge in [-0.15, -0.1) is 0 Å². The molecule has 1 N–H and O–H groups in total. The van der Waals surface area contributed by atoms with Gasteiger partial charge in [0.25, 0.3) is 12.3 Å². The van der Waals surface area contributed by atoms with Gasteiger partial charge >= 0.3 is 0 Å². The van der Waals surface area contributed by atoms with Crippen LogP contribution in [-0.4, -0.2) is 20.5 Å². The van der Waals surface area contributed by atoms with E-state index in [-0.39, 0.29) is 23.4 Å². The molecule has 8 heteroatoms. The number of carbonyl (C=O) groups excluding carboxylic acids is 1. The van der Waals surface area contributed by atoms with Gasteiger partial charge in [0.05, 0.1) is 11.9 Å². The summed E-state index contributed by atoms with van der Waals surface area (Å²) in [7, 11) is 0. The van der Waals surface area contributed by atoms with Gasteiger partial charge in [-0.25, -0.2) is 18.3 Å². The molecule has 146 valence electrons. The minimum atomic E-state index is -2.77. The number of benzene rings is 2. The molecule has 0 atom stereocenters. The molecular weight excluding hydrogens is 398 g/mol. The lowest BCUT2D eigenvalue weighted by Crippen LogP contribution is -2.22. The topological polar surface area (TPSA) is 59.3 Å². The lowest BCUT2D eigenvalue weighted by atomic mass is 10.1. The molecule has 2 aromatic heterocycles. The molecule has 4 rings (SSSR count). The number of halogens is 3. The van der Waals surface area contributed by atoms with Crippen LogP contribution in [0.5, 0.6) is 0 Å². The van der Waals surface area contributed by atoms with Crippen LogP contribution in [0.2, 0.25) is 5.02 Å². The number of fused-ring (bicyclic) bond motifs is 1. The summed E-state index contributed by atoms with van der Waals surface area (Å²) >= 11 is 5.86. The third-order valence-electron chi connectivity index (χ3n) is 4.40. The predicted molar refractivity (Wildman–Crippen MR) is 106 cm³/mol. The number of hydrogen-bond donors (Lipinski definition) is 1. The van der Waals surface area contributed by atoms with E-state index in [0.717, 1.165) is 10.1 Å². The van der Waals surface area contributed by atoms with Gasteiger partial charge in [-0.1, -0.05) is 54.1 Å². The first-order chi connectivity index (χ1) is 14.0. The van der Waals surface area contributed by atoms with E-state index < -0.39 is 12.3 Å². The number of nitrogens with zero attached hydrogens (tertiary/aromatic N) is 3. The Labute approximate surface area is 170 Å². The molecule has 0 saturated heterocycles. The highest BCUT2D eigenvalue weighted by molar-refractivity contribution is 6.30. The van der Waals surface area contributed by atoms with E-state index in [9.17, 15) is 13.6 Å². The van der Waals surface area contributed by atoms with E-state index in [1.165, 1.54) is 12.3 Å². The summed E-state index contributed by atoms with van der Waals surface area (Å²) in [5, 5.41) is 7.31. The largest absolute Gasteiger partial charge is 0.348 e. The number of nitrogens with one attached hydrogen (secondary N) is 1. The molecule has 0 fully saturated rings. The number of rotatable bonds is 5. The van der Waals surface area contributed by atoms with Crippen LogP contribution in [0.25, 0.3) is 16.9 Å². The Bertz CT molecular complexity index is 1160. The van der Waals surface area contributed by atoms with E-state index in [4.69, 9.17) is 11.6 Å². The zero-order valence-electron chi connectivity index (χ0n) is 15.0. The first-order valence-electron chi connectivity index (χ1n) is 8.78. The third kappa shape index (κ3) is 3.95. The molecule has 4 aromatic rings. The van der Waals surface area contributed by atoms with E-state index in [1.807, 2.05) is 6.07 Å². The molecule has 0 spiro atoms. The van der Waals surface area contributed by atoms with Crippen molar-refractivity contribution in [2.45, 2.75) is 13.0 Å². The Morgan fingerprint density at radius 3 is 2.52 bits per heavy atom. The Kier molecular flexibility index (Phi) is 5.22. The molecule has 5 nitrogen and oxygen atoms in total.